The minimum absolute atomic E-state index is 0.442. The molecule has 2 atom stereocenters. The van der Waals surface area contributed by atoms with Gasteiger partial charge in [0.1, 0.15) is 0 Å². The summed E-state index contributed by atoms with van der Waals surface area (Å²) in [6.45, 7) is 3.23. The average Bonchev–Trinajstić information content (AvgIpc) is 2.95. The van der Waals surface area contributed by atoms with E-state index >= 15 is 0 Å². The molecule has 0 bridgehead atoms. The Balaban J connectivity index is 1.87. The highest BCUT2D eigenvalue weighted by atomic mass is 79.9. The Kier molecular flexibility index (Phi) is 6.42. The lowest BCUT2D eigenvalue weighted by Crippen LogP contribution is -2.36. The minimum atomic E-state index is 0.442. The van der Waals surface area contributed by atoms with Gasteiger partial charge in [-0.05, 0) is 56.6 Å². The van der Waals surface area contributed by atoms with Crippen molar-refractivity contribution in [2.45, 2.75) is 25.4 Å². The summed E-state index contributed by atoms with van der Waals surface area (Å²) in [7, 11) is 4.29. The molecule has 0 saturated heterocycles. The molecule has 0 aliphatic heterocycles. The zero-order valence-electron chi connectivity index (χ0n) is 12.8. The third kappa shape index (κ3) is 5.22. The van der Waals surface area contributed by atoms with E-state index in [1.807, 2.05) is 11.3 Å². The Bertz CT molecular complexity index is 522. The van der Waals surface area contributed by atoms with Crippen LogP contribution in [-0.2, 0) is 6.42 Å². The standard InChI is InChI=1S/C17H23BrN2S/c1-13(11-14-6-8-15(18)9-7-14)19-12-16(20(2)3)17-5-4-10-21-17/h4-10,13,16,19H,11-12H2,1-3H3. The number of nitrogens with one attached hydrogen (secondary N) is 1. The molecule has 2 aromatic rings. The average molecular weight is 367 g/mol. The second-order valence-electron chi connectivity index (χ2n) is 5.63. The topological polar surface area (TPSA) is 15.3 Å². The number of thiophene rings is 1. The van der Waals surface area contributed by atoms with Gasteiger partial charge in [0, 0.05) is 21.9 Å². The van der Waals surface area contributed by atoms with Crippen molar-refractivity contribution < 1.29 is 0 Å². The van der Waals surface area contributed by atoms with Crippen LogP contribution in [0.4, 0.5) is 0 Å². The zero-order valence-corrected chi connectivity index (χ0v) is 15.2. The fourth-order valence-electron chi connectivity index (χ4n) is 2.38. The fourth-order valence-corrected chi connectivity index (χ4v) is 3.56. The molecule has 2 nitrogen and oxygen atoms in total. The van der Waals surface area contributed by atoms with E-state index in [1.165, 1.54) is 10.4 Å². The van der Waals surface area contributed by atoms with Gasteiger partial charge in [-0.15, -0.1) is 11.3 Å². The van der Waals surface area contributed by atoms with Gasteiger partial charge in [-0.25, -0.2) is 0 Å². The summed E-state index contributed by atoms with van der Waals surface area (Å²) in [6, 6.07) is 13.8. The molecule has 4 heteroatoms. The first kappa shape index (κ1) is 16.7. The lowest BCUT2D eigenvalue weighted by Gasteiger charge is -2.25. The van der Waals surface area contributed by atoms with Crippen LogP contribution in [0.5, 0.6) is 0 Å². The molecule has 114 valence electrons. The van der Waals surface area contributed by atoms with E-state index in [0.717, 1.165) is 17.4 Å². The Labute approximate surface area is 140 Å². The Hall–Kier alpha value is -0.680. The van der Waals surface area contributed by atoms with Crippen LogP contribution >= 0.6 is 27.3 Å². The Morgan fingerprint density at radius 1 is 1.19 bits per heavy atom. The van der Waals surface area contributed by atoms with Crippen LogP contribution in [0, 0.1) is 0 Å². The number of hydrogen-bond donors (Lipinski definition) is 1. The van der Waals surface area contributed by atoms with Crippen LogP contribution in [0.1, 0.15) is 23.4 Å². The molecule has 1 aromatic carbocycles. The van der Waals surface area contributed by atoms with Gasteiger partial charge in [-0.2, -0.15) is 0 Å². The summed E-state index contributed by atoms with van der Waals surface area (Å²) < 4.78 is 1.14. The number of likely N-dealkylation sites (N-methyl/N-ethyl adjacent to an activating group) is 1. The summed E-state index contributed by atoms with van der Waals surface area (Å²) in [6.07, 6.45) is 1.05. The third-order valence-corrected chi connectivity index (χ3v) is 5.11. The van der Waals surface area contributed by atoms with Crippen LogP contribution in [0.25, 0.3) is 0 Å². The highest BCUT2D eigenvalue weighted by Crippen LogP contribution is 2.22. The summed E-state index contributed by atoms with van der Waals surface area (Å²) in [5.74, 6) is 0. The minimum Gasteiger partial charge on any atom is -0.312 e. The first-order chi connectivity index (χ1) is 10.1. The summed E-state index contributed by atoms with van der Waals surface area (Å²) in [5, 5.41) is 5.82. The van der Waals surface area contributed by atoms with Gasteiger partial charge in [0.25, 0.3) is 0 Å². The van der Waals surface area contributed by atoms with E-state index in [4.69, 9.17) is 0 Å². The van der Waals surface area contributed by atoms with Crippen molar-refractivity contribution in [1.82, 2.24) is 10.2 Å². The Morgan fingerprint density at radius 2 is 1.90 bits per heavy atom. The van der Waals surface area contributed by atoms with Gasteiger partial charge in [-0.3, -0.25) is 0 Å². The molecule has 0 saturated carbocycles. The van der Waals surface area contributed by atoms with Crippen molar-refractivity contribution in [3.05, 3.63) is 56.7 Å². The summed E-state index contributed by atoms with van der Waals surface area (Å²) in [4.78, 5) is 3.70. The van der Waals surface area contributed by atoms with Crippen LogP contribution in [0.2, 0.25) is 0 Å². The molecular weight excluding hydrogens is 344 g/mol. The second-order valence-corrected chi connectivity index (χ2v) is 7.53. The van der Waals surface area contributed by atoms with Crippen molar-refractivity contribution in [1.29, 1.82) is 0 Å². The molecule has 2 unspecified atom stereocenters. The van der Waals surface area contributed by atoms with E-state index in [1.54, 1.807) is 0 Å². The molecule has 1 aromatic heterocycles. The Morgan fingerprint density at radius 3 is 2.48 bits per heavy atom. The van der Waals surface area contributed by atoms with Crippen LogP contribution in [-0.4, -0.2) is 31.6 Å². The van der Waals surface area contributed by atoms with Crippen LogP contribution in [0.3, 0.4) is 0 Å². The van der Waals surface area contributed by atoms with Crippen molar-refractivity contribution in [3.8, 4) is 0 Å². The smallest absolute Gasteiger partial charge is 0.0561 e. The molecule has 1 heterocycles. The number of benzene rings is 1. The zero-order chi connectivity index (χ0) is 15.2. The van der Waals surface area contributed by atoms with Crippen molar-refractivity contribution in [2.75, 3.05) is 20.6 Å². The third-order valence-electron chi connectivity index (χ3n) is 3.61. The largest absolute Gasteiger partial charge is 0.312 e. The molecule has 1 N–H and O–H groups in total. The quantitative estimate of drug-likeness (QED) is 0.784. The summed E-state index contributed by atoms with van der Waals surface area (Å²) in [5.41, 5.74) is 1.37. The van der Waals surface area contributed by atoms with E-state index < -0.39 is 0 Å². The lowest BCUT2D eigenvalue weighted by atomic mass is 10.1. The normalized spacial score (nSPS) is 14.3. The first-order valence-electron chi connectivity index (χ1n) is 7.24. The fraction of sp³-hybridized carbons (Fsp3) is 0.412. The van der Waals surface area contributed by atoms with Crippen molar-refractivity contribution in [2.24, 2.45) is 0 Å². The van der Waals surface area contributed by atoms with Gasteiger partial charge in [0.15, 0.2) is 0 Å². The number of hydrogen-bond acceptors (Lipinski definition) is 3. The molecule has 0 radical (unpaired) electrons. The van der Waals surface area contributed by atoms with Gasteiger partial charge in [-0.1, -0.05) is 34.1 Å². The highest BCUT2D eigenvalue weighted by molar-refractivity contribution is 9.10. The van der Waals surface area contributed by atoms with E-state index in [-0.39, 0.29) is 0 Å². The van der Waals surface area contributed by atoms with Crippen LogP contribution in [0.15, 0.2) is 46.3 Å². The van der Waals surface area contributed by atoms with E-state index in [0.29, 0.717) is 12.1 Å². The molecule has 0 aliphatic rings. The maximum Gasteiger partial charge on any atom is 0.0561 e. The molecule has 21 heavy (non-hydrogen) atoms. The predicted molar refractivity (Wildman–Crippen MR) is 96.1 cm³/mol. The SMILES string of the molecule is CC(Cc1ccc(Br)cc1)NCC(c1cccs1)N(C)C. The van der Waals surface area contributed by atoms with E-state index in [2.05, 4.69) is 88.9 Å². The molecular formula is C17H23BrN2S. The molecule has 0 spiro atoms. The van der Waals surface area contributed by atoms with Crippen molar-refractivity contribution in [3.63, 3.8) is 0 Å². The highest BCUT2D eigenvalue weighted by Gasteiger charge is 2.16. The summed E-state index contributed by atoms with van der Waals surface area (Å²) >= 11 is 5.31. The van der Waals surface area contributed by atoms with Gasteiger partial charge in [0.05, 0.1) is 6.04 Å². The van der Waals surface area contributed by atoms with E-state index in [9.17, 15) is 0 Å². The van der Waals surface area contributed by atoms with Gasteiger partial charge >= 0.3 is 0 Å². The van der Waals surface area contributed by atoms with Gasteiger partial charge < -0.3 is 10.2 Å². The van der Waals surface area contributed by atoms with Crippen molar-refractivity contribution >= 4 is 27.3 Å². The van der Waals surface area contributed by atoms with Gasteiger partial charge in [0.2, 0.25) is 0 Å². The lowest BCUT2D eigenvalue weighted by molar-refractivity contribution is 0.285. The molecule has 0 amide bonds. The monoisotopic (exact) mass is 366 g/mol. The number of halogens is 1. The maximum atomic E-state index is 3.67. The first-order valence-corrected chi connectivity index (χ1v) is 8.91. The van der Waals surface area contributed by atoms with Crippen LogP contribution < -0.4 is 5.32 Å². The molecule has 0 fully saturated rings. The second kappa shape index (κ2) is 8.08. The predicted octanol–water partition coefficient (Wildman–Crippen LogP) is 4.33. The number of rotatable bonds is 7. The molecule has 2 rings (SSSR count). The number of nitrogens with zero attached hydrogens (tertiary/aromatic N) is 1. The molecule has 0 aliphatic carbocycles. The maximum absolute atomic E-state index is 3.67.